The van der Waals surface area contributed by atoms with Gasteiger partial charge in [-0.1, -0.05) is 41.4 Å². The van der Waals surface area contributed by atoms with Crippen molar-refractivity contribution in [1.29, 1.82) is 0 Å². The van der Waals surface area contributed by atoms with Crippen molar-refractivity contribution in [3.63, 3.8) is 0 Å². The van der Waals surface area contributed by atoms with E-state index in [1.54, 1.807) is 23.5 Å². The number of aromatic nitrogens is 1. The first-order valence-corrected chi connectivity index (χ1v) is 9.97. The third-order valence-corrected chi connectivity index (χ3v) is 5.89. The van der Waals surface area contributed by atoms with Gasteiger partial charge >= 0.3 is 0 Å². The van der Waals surface area contributed by atoms with Crippen LogP contribution in [0, 0.1) is 0 Å². The average molecular weight is 397 g/mol. The fourth-order valence-corrected chi connectivity index (χ4v) is 4.44. The van der Waals surface area contributed by atoms with Gasteiger partial charge in [0.2, 0.25) is 5.91 Å². The number of thiazole rings is 1. The Morgan fingerprint density at radius 1 is 1.21 bits per heavy atom. The van der Waals surface area contributed by atoms with Gasteiger partial charge in [0, 0.05) is 15.8 Å². The first-order valence-electron chi connectivity index (χ1n) is 7.24. The van der Waals surface area contributed by atoms with E-state index in [9.17, 15) is 4.79 Å². The van der Waals surface area contributed by atoms with Gasteiger partial charge in [-0.05, 0) is 29.8 Å². The lowest BCUT2D eigenvalue weighted by molar-refractivity contribution is -0.118. The van der Waals surface area contributed by atoms with Crippen LogP contribution in [-0.4, -0.2) is 16.6 Å². The summed E-state index contributed by atoms with van der Waals surface area (Å²) in [4.78, 5) is 16.5. The summed E-state index contributed by atoms with van der Waals surface area (Å²) in [6.45, 7) is 0.459. The van der Waals surface area contributed by atoms with Crippen molar-refractivity contribution in [2.24, 2.45) is 0 Å². The van der Waals surface area contributed by atoms with Gasteiger partial charge in [-0.2, -0.15) is 0 Å². The molecule has 3 aromatic rings. The van der Waals surface area contributed by atoms with Gasteiger partial charge in [-0.25, -0.2) is 4.98 Å². The molecule has 0 bridgehead atoms. The molecule has 3 nitrogen and oxygen atoms in total. The first kappa shape index (κ1) is 17.5. The molecule has 0 atom stereocenters. The summed E-state index contributed by atoms with van der Waals surface area (Å²) in [5.74, 6) is 1.04. The third-order valence-electron chi connectivity index (χ3n) is 3.28. The van der Waals surface area contributed by atoms with Crippen molar-refractivity contribution in [2.45, 2.75) is 12.3 Å². The Kier molecular flexibility index (Phi) is 6.00. The minimum absolute atomic E-state index is 0.00987. The average Bonchev–Trinajstić information content (AvgIpc) is 2.98. The van der Waals surface area contributed by atoms with Crippen molar-refractivity contribution in [1.82, 2.24) is 10.3 Å². The summed E-state index contributed by atoms with van der Waals surface area (Å²) in [7, 11) is 0. The molecule has 124 valence electrons. The highest BCUT2D eigenvalue weighted by Crippen LogP contribution is 2.25. The Morgan fingerprint density at radius 2 is 2.04 bits per heavy atom. The van der Waals surface area contributed by atoms with Crippen molar-refractivity contribution in [3.05, 3.63) is 63.1 Å². The fourth-order valence-electron chi connectivity index (χ4n) is 2.11. The van der Waals surface area contributed by atoms with Crippen LogP contribution in [0.15, 0.2) is 42.5 Å². The van der Waals surface area contributed by atoms with Gasteiger partial charge in [-0.3, -0.25) is 4.79 Å². The number of carbonyl (C=O) groups is 1. The maximum Gasteiger partial charge on any atom is 0.230 e. The van der Waals surface area contributed by atoms with E-state index in [1.165, 1.54) is 11.8 Å². The van der Waals surface area contributed by atoms with E-state index >= 15 is 0 Å². The number of carbonyl (C=O) groups excluding carboxylic acids is 1. The van der Waals surface area contributed by atoms with E-state index in [1.807, 2.05) is 30.3 Å². The van der Waals surface area contributed by atoms with Crippen LogP contribution >= 0.6 is 46.3 Å². The van der Waals surface area contributed by atoms with Crippen LogP contribution in [-0.2, 0) is 17.1 Å². The second-order valence-corrected chi connectivity index (χ2v) is 8.03. The predicted molar refractivity (Wildman–Crippen MR) is 104 cm³/mol. The number of para-hydroxylation sites is 1. The minimum atomic E-state index is -0.00987. The molecule has 1 amide bonds. The molecule has 1 heterocycles. The number of nitrogens with one attached hydrogen (secondary N) is 1. The van der Waals surface area contributed by atoms with Crippen LogP contribution in [0.1, 0.15) is 10.6 Å². The molecule has 0 aliphatic rings. The van der Waals surface area contributed by atoms with Crippen molar-refractivity contribution < 1.29 is 4.79 Å². The van der Waals surface area contributed by atoms with Gasteiger partial charge in [0.15, 0.2) is 0 Å². The zero-order valence-corrected chi connectivity index (χ0v) is 15.7. The van der Waals surface area contributed by atoms with E-state index in [0.717, 1.165) is 20.8 Å². The summed E-state index contributed by atoms with van der Waals surface area (Å²) < 4.78 is 1.13. The van der Waals surface area contributed by atoms with Crippen LogP contribution in [0.4, 0.5) is 0 Å². The molecule has 0 spiro atoms. The van der Waals surface area contributed by atoms with Crippen LogP contribution in [0.25, 0.3) is 10.2 Å². The predicted octanol–water partition coefficient (Wildman–Crippen LogP) is 5.15. The summed E-state index contributed by atoms with van der Waals surface area (Å²) >= 11 is 15.1. The standard InChI is InChI=1S/C17H14Cl2N2OS2/c18-12-6-5-11(13(19)7-12)9-23-10-16(22)20-8-17-21-14-3-1-2-4-15(14)24-17/h1-7H,8-10H2,(H,20,22). The lowest BCUT2D eigenvalue weighted by atomic mass is 10.2. The summed E-state index contributed by atoms with van der Waals surface area (Å²) in [6.07, 6.45) is 0. The zero-order chi connectivity index (χ0) is 16.9. The number of rotatable bonds is 6. The highest BCUT2D eigenvalue weighted by Gasteiger charge is 2.07. The normalized spacial score (nSPS) is 10.9. The largest absolute Gasteiger partial charge is 0.349 e. The molecule has 2 aromatic carbocycles. The molecule has 0 unspecified atom stereocenters. The van der Waals surface area contributed by atoms with E-state index in [2.05, 4.69) is 10.3 Å². The lowest BCUT2D eigenvalue weighted by Gasteiger charge is -2.05. The molecule has 0 aliphatic heterocycles. The third kappa shape index (κ3) is 4.63. The van der Waals surface area contributed by atoms with Gasteiger partial charge in [0.1, 0.15) is 5.01 Å². The Morgan fingerprint density at radius 3 is 2.83 bits per heavy atom. The SMILES string of the molecule is O=C(CSCc1ccc(Cl)cc1Cl)NCc1nc2ccccc2s1. The smallest absolute Gasteiger partial charge is 0.230 e. The highest BCUT2D eigenvalue weighted by atomic mass is 35.5. The summed E-state index contributed by atoms with van der Waals surface area (Å²) in [5, 5.41) is 5.06. The number of nitrogens with zero attached hydrogens (tertiary/aromatic N) is 1. The maximum absolute atomic E-state index is 12.0. The monoisotopic (exact) mass is 396 g/mol. The number of hydrogen-bond acceptors (Lipinski definition) is 4. The Bertz CT molecular complexity index is 834. The Balaban J connectivity index is 1.45. The quantitative estimate of drug-likeness (QED) is 0.625. The van der Waals surface area contributed by atoms with Crippen molar-refractivity contribution in [3.8, 4) is 0 Å². The second-order valence-electron chi connectivity index (χ2n) is 5.08. The topological polar surface area (TPSA) is 42.0 Å². The van der Waals surface area contributed by atoms with Gasteiger partial charge < -0.3 is 5.32 Å². The Labute approximate surface area is 158 Å². The van der Waals surface area contributed by atoms with Crippen molar-refractivity contribution in [2.75, 3.05) is 5.75 Å². The van der Waals surface area contributed by atoms with Crippen LogP contribution in [0.2, 0.25) is 10.0 Å². The minimum Gasteiger partial charge on any atom is -0.349 e. The van der Waals surface area contributed by atoms with Crippen LogP contribution < -0.4 is 5.32 Å². The number of hydrogen-bond donors (Lipinski definition) is 1. The number of amides is 1. The fraction of sp³-hybridized carbons (Fsp3) is 0.176. The number of benzene rings is 2. The molecule has 7 heteroatoms. The molecule has 0 radical (unpaired) electrons. The van der Waals surface area contributed by atoms with Gasteiger partial charge in [0.25, 0.3) is 0 Å². The van der Waals surface area contributed by atoms with Gasteiger partial charge in [-0.15, -0.1) is 23.1 Å². The number of fused-ring (bicyclic) bond motifs is 1. The molecule has 0 saturated carbocycles. The summed E-state index contributed by atoms with van der Waals surface area (Å²) in [6, 6.07) is 13.4. The number of thioether (sulfide) groups is 1. The zero-order valence-electron chi connectivity index (χ0n) is 12.6. The first-order chi connectivity index (χ1) is 11.6. The maximum atomic E-state index is 12.0. The van der Waals surface area contributed by atoms with Crippen LogP contribution in [0.5, 0.6) is 0 Å². The van der Waals surface area contributed by atoms with E-state index in [4.69, 9.17) is 23.2 Å². The molecular weight excluding hydrogens is 383 g/mol. The lowest BCUT2D eigenvalue weighted by Crippen LogP contribution is -2.24. The Hall–Kier alpha value is -1.27. The van der Waals surface area contributed by atoms with Crippen molar-refractivity contribution >= 4 is 62.4 Å². The van der Waals surface area contributed by atoms with E-state index < -0.39 is 0 Å². The molecule has 0 fully saturated rings. The molecular formula is C17H14Cl2N2OS2. The van der Waals surface area contributed by atoms with E-state index in [-0.39, 0.29) is 5.91 Å². The van der Waals surface area contributed by atoms with E-state index in [0.29, 0.717) is 28.1 Å². The molecule has 0 aliphatic carbocycles. The highest BCUT2D eigenvalue weighted by molar-refractivity contribution is 7.99. The van der Waals surface area contributed by atoms with Gasteiger partial charge in [0.05, 0.1) is 22.5 Å². The molecule has 3 rings (SSSR count). The second kappa shape index (κ2) is 8.21. The molecule has 24 heavy (non-hydrogen) atoms. The molecule has 1 N–H and O–H groups in total. The summed E-state index contributed by atoms with van der Waals surface area (Å²) in [5.41, 5.74) is 1.95. The molecule has 0 saturated heterocycles. The van der Waals surface area contributed by atoms with Crippen LogP contribution in [0.3, 0.4) is 0 Å². The molecule has 1 aromatic heterocycles. The number of halogens is 2.